The van der Waals surface area contributed by atoms with Crippen LogP contribution in [0.4, 0.5) is 0 Å². The van der Waals surface area contributed by atoms with Crippen molar-refractivity contribution in [2.75, 3.05) is 12.4 Å². The third-order valence-corrected chi connectivity index (χ3v) is 5.30. The minimum absolute atomic E-state index is 0.0884. The molecule has 0 heterocycles. The van der Waals surface area contributed by atoms with E-state index in [-0.39, 0.29) is 23.1 Å². The molecule has 0 unspecified atom stereocenters. The molecule has 114 valence electrons. The van der Waals surface area contributed by atoms with E-state index in [0.717, 1.165) is 9.79 Å². The molecule has 2 aromatic carbocycles. The number of ketones is 1. The summed E-state index contributed by atoms with van der Waals surface area (Å²) in [6.07, 6.45) is -0.156. The number of hydrogen-bond acceptors (Lipinski definition) is 3. The van der Waals surface area contributed by atoms with Crippen LogP contribution in [-0.4, -0.2) is 24.1 Å². The number of carbonyl (C=O) groups excluding carboxylic acids is 2. The summed E-state index contributed by atoms with van der Waals surface area (Å²) in [4.78, 5) is 25.9. The van der Waals surface area contributed by atoms with Crippen molar-refractivity contribution in [2.24, 2.45) is 0 Å². The molecule has 2 rings (SSSR count). The molecule has 0 aliphatic rings. The highest BCUT2D eigenvalue weighted by molar-refractivity contribution is 7.97. The molecule has 22 heavy (non-hydrogen) atoms. The van der Waals surface area contributed by atoms with Crippen molar-refractivity contribution in [3.63, 3.8) is 0 Å². The number of Topliss-reactive ketones (excluding diaryl/α,β-unsaturated/α-hetero) is 1. The van der Waals surface area contributed by atoms with Crippen LogP contribution in [0.1, 0.15) is 13.3 Å². The van der Waals surface area contributed by atoms with Gasteiger partial charge in [-0.1, -0.05) is 36.4 Å². The van der Waals surface area contributed by atoms with Crippen molar-refractivity contribution >= 4 is 22.6 Å². The normalized spacial score (nSPS) is 10.5. The molecule has 0 aromatic heterocycles. The molecular formula is C18H19O3S+. The molecule has 2 aromatic rings. The second kappa shape index (κ2) is 8.39. The molecule has 0 fully saturated rings. The number of benzene rings is 2. The van der Waals surface area contributed by atoms with Gasteiger partial charge in [0.15, 0.2) is 21.3 Å². The van der Waals surface area contributed by atoms with E-state index in [2.05, 4.69) is 0 Å². The molecule has 0 radical (unpaired) electrons. The molecular weight excluding hydrogens is 296 g/mol. The predicted octanol–water partition coefficient (Wildman–Crippen LogP) is 3.25. The van der Waals surface area contributed by atoms with E-state index in [0.29, 0.717) is 12.4 Å². The van der Waals surface area contributed by atoms with Gasteiger partial charge in [0.05, 0.1) is 17.5 Å². The smallest absolute Gasteiger partial charge is 0.313 e. The summed E-state index contributed by atoms with van der Waals surface area (Å²) in [6, 6.07) is 19.9. The second-order valence-electron chi connectivity index (χ2n) is 4.68. The average molecular weight is 315 g/mol. The van der Waals surface area contributed by atoms with Gasteiger partial charge < -0.3 is 4.74 Å². The third kappa shape index (κ3) is 4.74. The Morgan fingerprint density at radius 1 is 0.909 bits per heavy atom. The fourth-order valence-corrected chi connectivity index (χ4v) is 4.06. The van der Waals surface area contributed by atoms with Crippen molar-refractivity contribution < 1.29 is 14.3 Å². The number of hydrogen-bond donors (Lipinski definition) is 0. The monoisotopic (exact) mass is 315 g/mol. The molecule has 0 saturated heterocycles. The van der Waals surface area contributed by atoms with E-state index in [1.54, 1.807) is 6.92 Å². The molecule has 0 saturated carbocycles. The summed E-state index contributed by atoms with van der Waals surface area (Å²) < 4.78 is 4.85. The highest BCUT2D eigenvalue weighted by Gasteiger charge is 2.29. The van der Waals surface area contributed by atoms with Gasteiger partial charge in [-0.15, -0.1) is 0 Å². The molecule has 0 N–H and O–H groups in total. The van der Waals surface area contributed by atoms with Gasteiger partial charge in [0.2, 0.25) is 0 Å². The fourth-order valence-electron chi connectivity index (χ4n) is 2.06. The zero-order valence-corrected chi connectivity index (χ0v) is 13.3. The van der Waals surface area contributed by atoms with Gasteiger partial charge in [0.25, 0.3) is 0 Å². The summed E-state index contributed by atoms with van der Waals surface area (Å²) in [5, 5.41) is 0. The summed E-state index contributed by atoms with van der Waals surface area (Å²) in [5.74, 6) is -0.209. The summed E-state index contributed by atoms with van der Waals surface area (Å²) in [5.41, 5.74) is 0. The summed E-state index contributed by atoms with van der Waals surface area (Å²) >= 11 is 0. The number of esters is 1. The van der Waals surface area contributed by atoms with Gasteiger partial charge in [-0.3, -0.25) is 9.59 Å². The SMILES string of the molecule is CCOC(=O)CC(=O)C[S+](c1ccccc1)c1ccccc1. The molecule has 3 nitrogen and oxygen atoms in total. The fraction of sp³-hybridized carbons (Fsp3) is 0.222. The van der Waals surface area contributed by atoms with Crippen LogP contribution in [0.3, 0.4) is 0 Å². The van der Waals surface area contributed by atoms with Crippen LogP contribution >= 0.6 is 0 Å². The van der Waals surface area contributed by atoms with Gasteiger partial charge in [0.1, 0.15) is 6.42 Å². The molecule has 0 aliphatic heterocycles. The van der Waals surface area contributed by atoms with E-state index in [1.807, 2.05) is 60.7 Å². The topological polar surface area (TPSA) is 43.4 Å². The second-order valence-corrected chi connectivity index (χ2v) is 6.69. The van der Waals surface area contributed by atoms with Crippen molar-refractivity contribution in [3.05, 3.63) is 60.7 Å². The molecule has 0 atom stereocenters. The van der Waals surface area contributed by atoms with Crippen LogP contribution in [0.15, 0.2) is 70.5 Å². The van der Waals surface area contributed by atoms with Crippen LogP contribution in [0.5, 0.6) is 0 Å². The molecule has 0 spiro atoms. The molecule has 0 aliphatic carbocycles. The van der Waals surface area contributed by atoms with Crippen LogP contribution in [0.2, 0.25) is 0 Å². The van der Waals surface area contributed by atoms with Crippen LogP contribution in [0, 0.1) is 0 Å². The molecule has 0 bridgehead atoms. The van der Waals surface area contributed by atoms with Crippen molar-refractivity contribution in [1.29, 1.82) is 0 Å². The zero-order valence-electron chi connectivity index (χ0n) is 12.5. The quantitative estimate of drug-likeness (QED) is 0.447. The van der Waals surface area contributed by atoms with E-state index in [9.17, 15) is 9.59 Å². The first-order chi connectivity index (χ1) is 10.7. The van der Waals surface area contributed by atoms with E-state index < -0.39 is 5.97 Å². The lowest BCUT2D eigenvalue weighted by atomic mass is 10.3. The number of rotatable bonds is 7. The first kappa shape index (κ1) is 16.3. The Morgan fingerprint density at radius 3 is 1.86 bits per heavy atom. The predicted molar refractivity (Wildman–Crippen MR) is 87.9 cm³/mol. The number of carbonyl (C=O) groups is 2. The molecule has 0 amide bonds. The number of ether oxygens (including phenoxy) is 1. The first-order valence-corrected chi connectivity index (χ1v) is 8.58. The largest absolute Gasteiger partial charge is 0.466 e. The average Bonchev–Trinajstić information content (AvgIpc) is 2.54. The maximum Gasteiger partial charge on any atom is 0.313 e. The Balaban J connectivity index is 2.16. The van der Waals surface area contributed by atoms with Gasteiger partial charge in [0, 0.05) is 0 Å². The Labute approximate surface area is 133 Å². The lowest BCUT2D eigenvalue weighted by Gasteiger charge is -2.07. The lowest BCUT2D eigenvalue weighted by Crippen LogP contribution is -2.21. The summed E-state index contributed by atoms with van der Waals surface area (Å²) in [6.45, 7) is 2.04. The first-order valence-electron chi connectivity index (χ1n) is 7.19. The van der Waals surface area contributed by atoms with Crippen LogP contribution in [-0.2, 0) is 25.2 Å². The van der Waals surface area contributed by atoms with E-state index >= 15 is 0 Å². The van der Waals surface area contributed by atoms with E-state index in [4.69, 9.17) is 4.74 Å². The summed E-state index contributed by atoms with van der Waals surface area (Å²) in [7, 11) is -0.359. The Kier molecular flexibility index (Phi) is 6.22. The van der Waals surface area contributed by atoms with Gasteiger partial charge in [-0.25, -0.2) is 0 Å². The van der Waals surface area contributed by atoms with Crippen LogP contribution in [0.25, 0.3) is 0 Å². The molecule has 4 heteroatoms. The zero-order chi connectivity index (χ0) is 15.8. The van der Waals surface area contributed by atoms with Crippen molar-refractivity contribution in [1.82, 2.24) is 0 Å². The standard InChI is InChI=1S/C18H19O3S/c1-2-21-18(20)13-15(19)14-22(16-9-5-3-6-10-16)17-11-7-4-8-12-17/h3-12H,2,13-14H2,1H3/q+1. The van der Waals surface area contributed by atoms with E-state index in [1.165, 1.54) is 0 Å². The third-order valence-electron chi connectivity index (χ3n) is 3.01. The lowest BCUT2D eigenvalue weighted by molar-refractivity contribution is -0.145. The van der Waals surface area contributed by atoms with Gasteiger partial charge >= 0.3 is 5.97 Å². The minimum Gasteiger partial charge on any atom is -0.466 e. The highest BCUT2D eigenvalue weighted by atomic mass is 32.2. The van der Waals surface area contributed by atoms with Gasteiger partial charge in [-0.2, -0.15) is 0 Å². The minimum atomic E-state index is -0.447. The highest BCUT2D eigenvalue weighted by Crippen LogP contribution is 2.23. The Bertz CT molecular complexity index is 571. The van der Waals surface area contributed by atoms with Crippen molar-refractivity contribution in [3.8, 4) is 0 Å². The maximum absolute atomic E-state index is 12.2. The van der Waals surface area contributed by atoms with Gasteiger partial charge in [-0.05, 0) is 31.2 Å². The Morgan fingerprint density at radius 2 is 1.41 bits per heavy atom. The van der Waals surface area contributed by atoms with Crippen LogP contribution < -0.4 is 0 Å². The Hall–Kier alpha value is -2.07. The maximum atomic E-state index is 12.2. The van der Waals surface area contributed by atoms with Crippen molar-refractivity contribution in [2.45, 2.75) is 23.1 Å².